The average Bonchev–Trinajstić information content (AvgIpc) is 3.20. The van der Waals surface area contributed by atoms with E-state index < -0.39 is 5.91 Å². The zero-order valence-corrected chi connectivity index (χ0v) is 23.9. The maximum absolute atomic E-state index is 12.9. The lowest BCUT2D eigenvalue weighted by molar-refractivity contribution is -0.123. The molecule has 208 valence electrons. The van der Waals surface area contributed by atoms with E-state index in [0.29, 0.717) is 27.8 Å². The number of hydrogen-bond donors (Lipinski definition) is 1. The molecule has 3 aromatic carbocycles. The van der Waals surface area contributed by atoms with Crippen LogP contribution >= 0.6 is 23.4 Å². The highest BCUT2D eigenvalue weighted by atomic mass is 35.5. The highest BCUT2D eigenvalue weighted by Gasteiger charge is 2.34. The van der Waals surface area contributed by atoms with E-state index in [-0.39, 0.29) is 41.7 Å². The zero-order valence-electron chi connectivity index (χ0n) is 22.3. The lowest BCUT2D eigenvalue weighted by atomic mass is 10.0. The van der Waals surface area contributed by atoms with E-state index in [4.69, 9.17) is 25.8 Å². The summed E-state index contributed by atoms with van der Waals surface area (Å²) < 4.78 is 16.8. The van der Waals surface area contributed by atoms with E-state index in [2.05, 4.69) is 19.2 Å². The van der Waals surface area contributed by atoms with Gasteiger partial charge in [-0.1, -0.05) is 61.8 Å². The van der Waals surface area contributed by atoms with E-state index in [1.54, 1.807) is 48.5 Å². The van der Waals surface area contributed by atoms with Crippen LogP contribution in [0.5, 0.6) is 17.2 Å². The van der Waals surface area contributed by atoms with Gasteiger partial charge in [-0.25, -0.2) is 0 Å². The number of nitrogens with one attached hydrogen (secondary N) is 1. The number of halogens is 1. The van der Waals surface area contributed by atoms with Crippen molar-refractivity contribution >= 4 is 52.2 Å². The van der Waals surface area contributed by atoms with Crippen LogP contribution in [0.1, 0.15) is 30.9 Å². The number of benzene rings is 3. The predicted octanol–water partition coefficient (Wildman–Crippen LogP) is 6.60. The topological polar surface area (TPSA) is 94.2 Å². The third-order valence-electron chi connectivity index (χ3n) is 5.98. The molecule has 0 spiro atoms. The summed E-state index contributed by atoms with van der Waals surface area (Å²) in [6.45, 7) is 4.12. The van der Waals surface area contributed by atoms with Gasteiger partial charge in [0.2, 0.25) is 0 Å². The fourth-order valence-corrected chi connectivity index (χ4v) is 5.05. The van der Waals surface area contributed by atoms with E-state index in [1.165, 1.54) is 7.11 Å². The molecule has 0 radical (unpaired) electrons. The van der Waals surface area contributed by atoms with Gasteiger partial charge in [-0.2, -0.15) is 0 Å². The van der Waals surface area contributed by atoms with E-state index >= 15 is 0 Å². The van der Waals surface area contributed by atoms with Gasteiger partial charge in [-0.05, 0) is 65.2 Å². The number of imide groups is 1. The molecular weight excluding hydrogens is 552 g/mol. The van der Waals surface area contributed by atoms with Gasteiger partial charge in [0.05, 0.1) is 23.6 Å². The van der Waals surface area contributed by atoms with Gasteiger partial charge in [0.1, 0.15) is 12.4 Å². The van der Waals surface area contributed by atoms with Crippen molar-refractivity contribution in [1.82, 2.24) is 4.90 Å². The lowest BCUT2D eigenvalue weighted by Gasteiger charge is -2.15. The highest BCUT2D eigenvalue weighted by Crippen LogP contribution is 2.35. The second-order valence-electron chi connectivity index (χ2n) is 9.10. The van der Waals surface area contributed by atoms with Crippen molar-refractivity contribution < 1.29 is 28.6 Å². The Morgan fingerprint density at radius 3 is 2.50 bits per heavy atom. The van der Waals surface area contributed by atoms with Crippen molar-refractivity contribution in [1.29, 1.82) is 0 Å². The summed E-state index contributed by atoms with van der Waals surface area (Å²) in [5, 5.41) is 2.97. The van der Waals surface area contributed by atoms with Gasteiger partial charge in [-0.3, -0.25) is 19.3 Å². The first-order chi connectivity index (χ1) is 19.3. The van der Waals surface area contributed by atoms with Gasteiger partial charge in [0.15, 0.2) is 18.1 Å². The third-order valence-corrected chi connectivity index (χ3v) is 7.20. The van der Waals surface area contributed by atoms with Crippen LogP contribution < -0.4 is 19.5 Å². The number of carbonyl (C=O) groups is 3. The fraction of sp³-hybridized carbons (Fsp3) is 0.233. The number of para-hydroxylation sites is 2. The second-order valence-corrected chi connectivity index (χ2v) is 10.5. The highest BCUT2D eigenvalue weighted by molar-refractivity contribution is 8.18. The summed E-state index contributed by atoms with van der Waals surface area (Å²) in [5.41, 5.74) is 2.42. The van der Waals surface area contributed by atoms with Crippen LogP contribution in [0.4, 0.5) is 10.5 Å². The summed E-state index contributed by atoms with van der Waals surface area (Å²) in [5.74, 6) is 0.794. The quantitative estimate of drug-likeness (QED) is 0.255. The molecule has 1 N–H and O–H groups in total. The van der Waals surface area contributed by atoms with Crippen LogP contribution in [0, 0.1) is 0 Å². The largest absolute Gasteiger partial charge is 0.493 e. The van der Waals surface area contributed by atoms with Crippen LogP contribution in [0.15, 0.2) is 71.6 Å². The molecule has 1 aliphatic heterocycles. The number of methoxy groups -OCH3 is 1. The van der Waals surface area contributed by atoms with Crippen LogP contribution in [0.2, 0.25) is 5.02 Å². The Bertz CT molecular complexity index is 1440. The Labute approximate surface area is 242 Å². The summed E-state index contributed by atoms with van der Waals surface area (Å²) in [4.78, 5) is 39.3. The van der Waals surface area contributed by atoms with Crippen LogP contribution in [0.25, 0.3) is 6.08 Å². The minimum atomic E-state index is -0.407. The smallest absolute Gasteiger partial charge is 0.293 e. The number of ether oxygens (including phenoxy) is 3. The molecule has 10 heteroatoms. The maximum atomic E-state index is 12.9. The number of hydrogen-bond acceptors (Lipinski definition) is 7. The molecule has 0 bridgehead atoms. The number of rotatable bonds is 11. The SMILES string of the molecule is COc1cc(/C=C2\SC(=O)N(CCOc3ccccc3Cl)C2=O)ccc1OCC(=O)Nc1ccccc1C(C)C. The maximum Gasteiger partial charge on any atom is 0.293 e. The molecule has 0 aliphatic carbocycles. The summed E-state index contributed by atoms with van der Waals surface area (Å²) in [6.07, 6.45) is 1.61. The summed E-state index contributed by atoms with van der Waals surface area (Å²) in [6, 6.07) is 19.7. The molecule has 3 amide bonds. The normalized spacial score (nSPS) is 14.1. The van der Waals surface area contributed by atoms with Gasteiger partial charge >= 0.3 is 0 Å². The van der Waals surface area contributed by atoms with Crippen molar-refractivity contribution in [3.63, 3.8) is 0 Å². The minimum absolute atomic E-state index is 0.0903. The van der Waals surface area contributed by atoms with E-state index in [0.717, 1.165) is 27.9 Å². The Kier molecular flexibility index (Phi) is 9.74. The van der Waals surface area contributed by atoms with Crippen LogP contribution in [0.3, 0.4) is 0 Å². The molecule has 0 aromatic heterocycles. The average molecular weight is 581 g/mol. The molecule has 1 fully saturated rings. The number of amides is 3. The molecular formula is C30H29ClN2O6S. The number of thioether (sulfide) groups is 1. The Hall–Kier alpha value is -3.95. The lowest BCUT2D eigenvalue weighted by Crippen LogP contribution is -2.32. The monoisotopic (exact) mass is 580 g/mol. The van der Waals surface area contributed by atoms with E-state index in [9.17, 15) is 14.4 Å². The number of anilines is 1. The Balaban J connectivity index is 1.36. The molecule has 1 aliphatic rings. The molecule has 8 nitrogen and oxygen atoms in total. The Morgan fingerprint density at radius 1 is 1.00 bits per heavy atom. The van der Waals surface area contributed by atoms with Crippen molar-refractivity contribution in [3.05, 3.63) is 87.8 Å². The molecule has 4 rings (SSSR count). The van der Waals surface area contributed by atoms with Gasteiger partial charge in [0, 0.05) is 5.69 Å². The van der Waals surface area contributed by atoms with Crippen molar-refractivity contribution in [2.75, 3.05) is 32.2 Å². The third kappa shape index (κ3) is 7.16. The fourth-order valence-electron chi connectivity index (χ4n) is 3.99. The molecule has 40 heavy (non-hydrogen) atoms. The zero-order chi connectivity index (χ0) is 28.6. The van der Waals surface area contributed by atoms with Gasteiger partial charge < -0.3 is 19.5 Å². The van der Waals surface area contributed by atoms with Gasteiger partial charge in [-0.15, -0.1) is 0 Å². The first-order valence-electron chi connectivity index (χ1n) is 12.6. The summed E-state index contributed by atoms with van der Waals surface area (Å²) >= 11 is 6.94. The van der Waals surface area contributed by atoms with Crippen LogP contribution in [-0.2, 0) is 9.59 Å². The number of nitrogens with zero attached hydrogens (tertiary/aromatic N) is 1. The minimum Gasteiger partial charge on any atom is -0.493 e. The standard InChI is InChI=1S/C30H29ClN2O6S/c1-19(2)21-8-4-6-10-23(21)32-28(34)18-39-25-13-12-20(16-26(25)37-3)17-27-29(35)33(30(36)40-27)14-15-38-24-11-7-5-9-22(24)31/h4-13,16-17,19H,14-15,18H2,1-3H3,(H,32,34)/b27-17-. The van der Waals surface area contributed by atoms with Gasteiger partial charge in [0.25, 0.3) is 17.1 Å². The van der Waals surface area contributed by atoms with Crippen molar-refractivity contribution in [2.45, 2.75) is 19.8 Å². The molecule has 0 atom stereocenters. The van der Waals surface area contributed by atoms with Crippen molar-refractivity contribution in [2.24, 2.45) is 0 Å². The molecule has 0 unspecified atom stereocenters. The second kappa shape index (κ2) is 13.4. The summed E-state index contributed by atoms with van der Waals surface area (Å²) in [7, 11) is 1.48. The first-order valence-corrected chi connectivity index (χ1v) is 13.8. The molecule has 1 saturated heterocycles. The predicted molar refractivity (Wildman–Crippen MR) is 157 cm³/mol. The number of carbonyl (C=O) groups excluding carboxylic acids is 3. The molecule has 1 heterocycles. The molecule has 3 aromatic rings. The van der Waals surface area contributed by atoms with E-state index in [1.807, 2.05) is 24.3 Å². The van der Waals surface area contributed by atoms with Crippen LogP contribution in [-0.4, -0.2) is 48.8 Å². The Morgan fingerprint density at radius 2 is 1.75 bits per heavy atom. The molecule has 0 saturated carbocycles. The first kappa shape index (κ1) is 29.0. The van der Waals surface area contributed by atoms with Crippen molar-refractivity contribution in [3.8, 4) is 17.2 Å².